The molecule has 0 aliphatic heterocycles. The minimum Gasteiger partial charge on any atom is -0.458 e. The lowest BCUT2D eigenvalue weighted by molar-refractivity contribution is -0.158. The van der Waals surface area contributed by atoms with E-state index in [-0.39, 0.29) is 11.6 Å². The van der Waals surface area contributed by atoms with E-state index in [1.165, 1.54) is 6.20 Å². The molecule has 1 aromatic heterocycles. The van der Waals surface area contributed by atoms with Gasteiger partial charge in [0.25, 0.3) is 11.5 Å². The van der Waals surface area contributed by atoms with Gasteiger partial charge in [0.1, 0.15) is 17.3 Å². The van der Waals surface area contributed by atoms with E-state index in [9.17, 15) is 14.4 Å². The van der Waals surface area contributed by atoms with E-state index in [1.807, 2.05) is 0 Å². The van der Waals surface area contributed by atoms with Gasteiger partial charge in [-0.25, -0.2) is 9.78 Å². The molecule has 0 aliphatic carbocycles. The molecule has 0 aliphatic rings. The van der Waals surface area contributed by atoms with Crippen molar-refractivity contribution in [2.24, 2.45) is 5.92 Å². The van der Waals surface area contributed by atoms with Gasteiger partial charge in [0.05, 0.1) is 6.20 Å². The summed E-state index contributed by atoms with van der Waals surface area (Å²) in [6.07, 6.45) is 2.21. The second-order valence-corrected chi connectivity index (χ2v) is 6.02. The lowest BCUT2D eigenvalue weighted by atomic mass is 10.0. The molecular weight excluding hydrogens is 274 g/mol. The molecule has 0 saturated carbocycles. The van der Waals surface area contributed by atoms with Gasteiger partial charge in [-0.2, -0.15) is 0 Å². The summed E-state index contributed by atoms with van der Waals surface area (Å²) < 4.78 is 5.29. The second kappa shape index (κ2) is 6.51. The van der Waals surface area contributed by atoms with Gasteiger partial charge in [0, 0.05) is 6.20 Å². The van der Waals surface area contributed by atoms with Crippen LogP contribution in [0.3, 0.4) is 0 Å². The SMILES string of the molecule is CC(C)[C@H](NC(=O)c1c[nH]c(=O)cn1)C(=O)OC(C)(C)C. The van der Waals surface area contributed by atoms with E-state index in [4.69, 9.17) is 4.74 Å². The first-order valence-electron chi connectivity index (χ1n) is 6.68. The normalized spacial score (nSPS) is 12.9. The molecule has 0 saturated heterocycles. The van der Waals surface area contributed by atoms with Gasteiger partial charge >= 0.3 is 5.97 Å². The molecule has 1 atom stereocenters. The standard InChI is InChI=1S/C14H21N3O4/c1-8(2)11(13(20)21-14(3,4)5)17-12(19)9-6-16-10(18)7-15-9/h6-8,11H,1-5H3,(H,16,18)(H,17,19)/t11-/m0/s1. The molecule has 21 heavy (non-hydrogen) atoms. The Bertz CT molecular complexity index is 552. The summed E-state index contributed by atoms with van der Waals surface area (Å²) >= 11 is 0. The maximum Gasteiger partial charge on any atom is 0.329 e. The number of hydrogen-bond acceptors (Lipinski definition) is 5. The molecule has 1 heterocycles. The van der Waals surface area contributed by atoms with Crippen LogP contribution in [0.25, 0.3) is 0 Å². The Kier molecular flexibility index (Phi) is 5.23. The molecule has 7 nitrogen and oxygen atoms in total. The van der Waals surface area contributed by atoms with Crippen molar-refractivity contribution in [3.8, 4) is 0 Å². The molecular formula is C14H21N3O4. The maximum atomic E-state index is 12.1. The summed E-state index contributed by atoms with van der Waals surface area (Å²) in [5.74, 6) is -1.20. The topological polar surface area (TPSA) is 101 Å². The monoisotopic (exact) mass is 295 g/mol. The minimum atomic E-state index is -0.787. The van der Waals surface area contributed by atoms with Gasteiger partial charge < -0.3 is 15.0 Å². The number of esters is 1. The molecule has 1 amide bonds. The second-order valence-electron chi connectivity index (χ2n) is 6.02. The Morgan fingerprint density at radius 2 is 1.95 bits per heavy atom. The van der Waals surface area contributed by atoms with Crippen LogP contribution < -0.4 is 10.9 Å². The predicted molar refractivity (Wildman–Crippen MR) is 76.8 cm³/mol. The van der Waals surface area contributed by atoms with E-state index < -0.39 is 29.1 Å². The largest absolute Gasteiger partial charge is 0.458 e. The van der Waals surface area contributed by atoms with E-state index in [0.717, 1.165) is 6.20 Å². The summed E-state index contributed by atoms with van der Waals surface area (Å²) in [4.78, 5) is 41.1. The Balaban J connectivity index is 2.83. The smallest absolute Gasteiger partial charge is 0.329 e. The van der Waals surface area contributed by atoms with Gasteiger partial charge in [0.15, 0.2) is 0 Å². The molecule has 0 bridgehead atoms. The highest BCUT2D eigenvalue weighted by atomic mass is 16.6. The summed E-state index contributed by atoms with van der Waals surface area (Å²) in [7, 11) is 0. The number of amides is 1. The van der Waals surface area contributed by atoms with Crippen LogP contribution in [0.4, 0.5) is 0 Å². The lowest BCUT2D eigenvalue weighted by Crippen LogP contribution is -2.47. The Labute approximate surface area is 123 Å². The summed E-state index contributed by atoms with van der Waals surface area (Å²) in [5, 5.41) is 2.58. The molecule has 0 unspecified atom stereocenters. The third kappa shape index (κ3) is 5.37. The first kappa shape index (κ1) is 16.9. The van der Waals surface area contributed by atoms with Crippen molar-refractivity contribution in [3.05, 3.63) is 28.4 Å². The molecule has 1 aromatic rings. The third-order valence-electron chi connectivity index (χ3n) is 2.52. The molecule has 1 rings (SSSR count). The van der Waals surface area contributed by atoms with Crippen LogP contribution in [0.5, 0.6) is 0 Å². The lowest BCUT2D eigenvalue weighted by Gasteiger charge is -2.26. The van der Waals surface area contributed by atoms with Crippen LogP contribution >= 0.6 is 0 Å². The number of aromatic nitrogens is 2. The van der Waals surface area contributed by atoms with Gasteiger partial charge in [-0.3, -0.25) is 9.59 Å². The fourth-order valence-corrected chi connectivity index (χ4v) is 1.54. The number of H-pyrrole nitrogens is 1. The van der Waals surface area contributed by atoms with E-state index >= 15 is 0 Å². The van der Waals surface area contributed by atoms with Crippen molar-refractivity contribution in [1.29, 1.82) is 0 Å². The highest BCUT2D eigenvalue weighted by Gasteiger charge is 2.29. The minimum absolute atomic E-state index is 0.0313. The fourth-order valence-electron chi connectivity index (χ4n) is 1.54. The average molecular weight is 295 g/mol. The predicted octanol–water partition coefficient (Wildman–Crippen LogP) is 0.866. The first-order valence-corrected chi connectivity index (χ1v) is 6.68. The van der Waals surface area contributed by atoms with Crippen molar-refractivity contribution >= 4 is 11.9 Å². The van der Waals surface area contributed by atoms with Crippen molar-refractivity contribution in [1.82, 2.24) is 15.3 Å². The van der Waals surface area contributed by atoms with E-state index in [2.05, 4.69) is 15.3 Å². The number of hydrogen-bond donors (Lipinski definition) is 2. The quantitative estimate of drug-likeness (QED) is 0.802. The highest BCUT2D eigenvalue weighted by Crippen LogP contribution is 2.12. The number of carbonyl (C=O) groups excluding carboxylic acids is 2. The molecule has 0 aromatic carbocycles. The maximum absolute atomic E-state index is 12.1. The highest BCUT2D eigenvalue weighted by molar-refractivity contribution is 5.95. The average Bonchev–Trinajstić information content (AvgIpc) is 2.33. The molecule has 116 valence electrons. The first-order chi connectivity index (χ1) is 9.60. The number of nitrogens with one attached hydrogen (secondary N) is 2. The molecule has 0 radical (unpaired) electrons. The summed E-state index contributed by atoms with van der Waals surface area (Å²) in [5.41, 5.74) is -1.01. The fraction of sp³-hybridized carbons (Fsp3) is 0.571. The molecule has 0 fully saturated rings. The van der Waals surface area contributed by atoms with Crippen LogP contribution in [0, 0.1) is 5.92 Å². The van der Waals surface area contributed by atoms with Gasteiger partial charge in [-0.1, -0.05) is 13.8 Å². The van der Waals surface area contributed by atoms with Crippen molar-refractivity contribution in [2.45, 2.75) is 46.3 Å². The van der Waals surface area contributed by atoms with Crippen LogP contribution in [0.1, 0.15) is 45.1 Å². The number of carbonyl (C=O) groups is 2. The van der Waals surface area contributed by atoms with Crippen molar-refractivity contribution in [3.63, 3.8) is 0 Å². The van der Waals surface area contributed by atoms with Gasteiger partial charge in [-0.15, -0.1) is 0 Å². The summed E-state index contributed by atoms with van der Waals surface area (Å²) in [6.45, 7) is 8.87. The van der Waals surface area contributed by atoms with E-state index in [1.54, 1.807) is 34.6 Å². The van der Waals surface area contributed by atoms with Gasteiger partial charge in [-0.05, 0) is 26.7 Å². The third-order valence-corrected chi connectivity index (χ3v) is 2.52. The Morgan fingerprint density at radius 3 is 2.38 bits per heavy atom. The van der Waals surface area contributed by atoms with Crippen LogP contribution in [-0.4, -0.2) is 33.5 Å². The van der Waals surface area contributed by atoms with Crippen LogP contribution in [0.15, 0.2) is 17.2 Å². The number of ether oxygens (including phenoxy) is 1. The number of nitrogens with zero attached hydrogens (tertiary/aromatic N) is 1. The molecule has 0 spiro atoms. The number of aromatic amines is 1. The Morgan fingerprint density at radius 1 is 1.33 bits per heavy atom. The van der Waals surface area contributed by atoms with Crippen LogP contribution in [-0.2, 0) is 9.53 Å². The number of rotatable bonds is 4. The Hall–Kier alpha value is -2.18. The zero-order valence-electron chi connectivity index (χ0n) is 12.9. The summed E-state index contributed by atoms with van der Waals surface area (Å²) in [6, 6.07) is -0.787. The van der Waals surface area contributed by atoms with Crippen LogP contribution in [0.2, 0.25) is 0 Å². The zero-order valence-corrected chi connectivity index (χ0v) is 12.9. The molecule has 7 heteroatoms. The zero-order chi connectivity index (χ0) is 16.2. The molecule has 2 N–H and O–H groups in total. The van der Waals surface area contributed by atoms with Gasteiger partial charge in [0.2, 0.25) is 0 Å². The van der Waals surface area contributed by atoms with Crippen molar-refractivity contribution < 1.29 is 14.3 Å². The van der Waals surface area contributed by atoms with E-state index in [0.29, 0.717) is 0 Å². The van der Waals surface area contributed by atoms with Crippen molar-refractivity contribution in [2.75, 3.05) is 0 Å².